The molecule has 31 heavy (non-hydrogen) atoms. The molecule has 0 spiro atoms. The van der Waals surface area contributed by atoms with Crippen molar-refractivity contribution >= 4 is 34.1 Å². The van der Waals surface area contributed by atoms with E-state index in [4.69, 9.17) is 22.1 Å². The number of nitrogens with zero attached hydrogens (tertiary/aromatic N) is 2. The predicted octanol–water partition coefficient (Wildman–Crippen LogP) is 2.55. The van der Waals surface area contributed by atoms with Gasteiger partial charge in [-0.05, 0) is 31.0 Å². The Bertz CT molecular complexity index is 959. The van der Waals surface area contributed by atoms with Crippen molar-refractivity contribution in [1.82, 2.24) is 15.2 Å². The molecule has 0 saturated carbocycles. The molecular weight excluding hydrogens is 423 g/mol. The first-order chi connectivity index (χ1) is 14.8. The molecule has 2 saturated heterocycles. The van der Waals surface area contributed by atoms with Gasteiger partial charge in [-0.3, -0.25) is 9.78 Å². The lowest BCUT2D eigenvalue weighted by Gasteiger charge is -2.41. The standard InChI is InChI=1S/C22H28ClFN4O3/c23-17-12-16(19-15(18(17)25)2-1-7-26-19)20(29)27-13-21(24)3-8-28(9-4-21)14-22(30)5-10-31-11-6-22/h1-2,7,12,30H,3-6,8-11,13-14,25H2,(H,27,29). The highest BCUT2D eigenvalue weighted by molar-refractivity contribution is 6.35. The van der Waals surface area contributed by atoms with Crippen molar-refractivity contribution in [3.63, 3.8) is 0 Å². The van der Waals surface area contributed by atoms with Crippen molar-refractivity contribution in [1.29, 1.82) is 0 Å². The van der Waals surface area contributed by atoms with Crippen molar-refractivity contribution in [2.45, 2.75) is 37.0 Å². The number of benzene rings is 1. The Morgan fingerprint density at radius 3 is 2.74 bits per heavy atom. The predicted molar refractivity (Wildman–Crippen MR) is 118 cm³/mol. The van der Waals surface area contributed by atoms with Crippen LogP contribution >= 0.6 is 11.6 Å². The Labute approximate surface area is 185 Å². The Kier molecular flexibility index (Phi) is 6.35. The fourth-order valence-electron chi connectivity index (χ4n) is 4.36. The Balaban J connectivity index is 1.36. The monoisotopic (exact) mass is 450 g/mol. The Hall–Kier alpha value is -2.00. The van der Waals surface area contributed by atoms with Crippen LogP contribution in [0.25, 0.3) is 10.9 Å². The maximum atomic E-state index is 15.4. The minimum atomic E-state index is -1.49. The number of nitrogens with one attached hydrogen (secondary N) is 1. The van der Waals surface area contributed by atoms with Crippen LogP contribution in [0.3, 0.4) is 0 Å². The number of fused-ring (bicyclic) bond motifs is 1. The van der Waals surface area contributed by atoms with Gasteiger partial charge in [0.15, 0.2) is 0 Å². The van der Waals surface area contributed by atoms with Crippen molar-refractivity contribution in [3.05, 3.63) is 35.0 Å². The van der Waals surface area contributed by atoms with Crippen LogP contribution in [0.4, 0.5) is 10.1 Å². The first-order valence-corrected chi connectivity index (χ1v) is 11.0. The van der Waals surface area contributed by atoms with Crippen molar-refractivity contribution in [3.8, 4) is 0 Å². The van der Waals surface area contributed by atoms with E-state index in [1.807, 2.05) is 0 Å². The smallest absolute Gasteiger partial charge is 0.253 e. The lowest BCUT2D eigenvalue weighted by Crippen LogP contribution is -2.53. The number of amides is 1. The molecule has 168 valence electrons. The van der Waals surface area contributed by atoms with Gasteiger partial charge in [-0.1, -0.05) is 11.6 Å². The van der Waals surface area contributed by atoms with E-state index in [1.165, 1.54) is 6.07 Å². The zero-order chi connectivity index (χ0) is 22.1. The molecule has 4 N–H and O–H groups in total. The van der Waals surface area contributed by atoms with Crippen molar-refractivity contribution in [2.24, 2.45) is 0 Å². The van der Waals surface area contributed by atoms with Crippen LogP contribution in [0.5, 0.6) is 0 Å². The summed E-state index contributed by atoms with van der Waals surface area (Å²) < 4.78 is 20.7. The lowest BCUT2D eigenvalue weighted by atomic mass is 9.89. The molecule has 9 heteroatoms. The van der Waals surface area contributed by atoms with E-state index in [9.17, 15) is 9.90 Å². The molecule has 0 aliphatic carbocycles. The molecule has 2 aliphatic rings. The molecule has 2 aromatic rings. The number of anilines is 1. The van der Waals surface area contributed by atoms with E-state index in [0.717, 1.165) is 0 Å². The quantitative estimate of drug-likeness (QED) is 0.605. The summed E-state index contributed by atoms with van der Waals surface area (Å²) in [7, 11) is 0. The number of halogens is 2. The van der Waals surface area contributed by atoms with Gasteiger partial charge in [0.1, 0.15) is 5.67 Å². The summed E-state index contributed by atoms with van der Waals surface area (Å²) in [5.41, 5.74) is 4.82. The lowest BCUT2D eigenvalue weighted by molar-refractivity contribution is -0.0870. The average Bonchev–Trinajstić information content (AvgIpc) is 2.77. The van der Waals surface area contributed by atoms with Crippen molar-refractivity contribution < 1.29 is 19.0 Å². The van der Waals surface area contributed by atoms with E-state index in [1.54, 1.807) is 18.3 Å². The van der Waals surface area contributed by atoms with E-state index in [2.05, 4.69) is 15.2 Å². The molecule has 2 aliphatic heterocycles. The Morgan fingerprint density at radius 1 is 1.32 bits per heavy atom. The molecule has 0 atom stereocenters. The topological polar surface area (TPSA) is 101 Å². The van der Waals surface area contributed by atoms with Crippen LogP contribution < -0.4 is 11.1 Å². The third kappa shape index (κ3) is 4.92. The highest BCUT2D eigenvalue weighted by Crippen LogP contribution is 2.32. The zero-order valence-corrected chi connectivity index (χ0v) is 18.1. The number of carbonyl (C=O) groups is 1. The summed E-state index contributed by atoms with van der Waals surface area (Å²) in [6, 6.07) is 4.95. The van der Waals surface area contributed by atoms with E-state index >= 15 is 4.39 Å². The maximum absolute atomic E-state index is 15.4. The fourth-order valence-corrected chi connectivity index (χ4v) is 4.57. The Morgan fingerprint density at radius 2 is 2.03 bits per heavy atom. The molecule has 4 rings (SSSR count). The van der Waals surface area contributed by atoms with Gasteiger partial charge in [-0.2, -0.15) is 0 Å². The number of nitrogens with two attached hydrogens (primary N) is 1. The molecule has 2 fully saturated rings. The summed E-state index contributed by atoms with van der Waals surface area (Å²) in [5, 5.41) is 14.3. The van der Waals surface area contributed by atoms with E-state index < -0.39 is 17.2 Å². The van der Waals surface area contributed by atoms with Crippen LogP contribution in [-0.4, -0.2) is 71.6 Å². The normalized spacial score (nSPS) is 21.1. The number of aromatic nitrogens is 1. The van der Waals surface area contributed by atoms with Crippen molar-refractivity contribution in [2.75, 3.05) is 45.1 Å². The number of piperidine rings is 1. The molecule has 1 amide bonds. The van der Waals surface area contributed by atoms with Crippen LogP contribution in [0.1, 0.15) is 36.0 Å². The largest absolute Gasteiger partial charge is 0.397 e. The minimum Gasteiger partial charge on any atom is -0.397 e. The number of alkyl halides is 1. The molecule has 0 radical (unpaired) electrons. The third-order valence-electron chi connectivity index (χ3n) is 6.39. The summed E-state index contributed by atoms with van der Waals surface area (Å²) in [6.07, 6.45) is 3.37. The summed E-state index contributed by atoms with van der Waals surface area (Å²) in [4.78, 5) is 19.2. The second-order valence-corrected chi connectivity index (χ2v) is 9.07. The number of hydrogen-bond donors (Lipinski definition) is 3. The number of aliphatic hydroxyl groups is 1. The first-order valence-electron chi connectivity index (χ1n) is 10.6. The van der Waals surface area contributed by atoms with Crippen LogP contribution in [0.2, 0.25) is 5.02 Å². The van der Waals surface area contributed by atoms with E-state index in [-0.39, 0.29) is 17.1 Å². The molecule has 0 bridgehead atoms. The third-order valence-corrected chi connectivity index (χ3v) is 6.70. The molecule has 7 nitrogen and oxygen atoms in total. The van der Waals surface area contributed by atoms with Gasteiger partial charge in [-0.25, -0.2) is 4.39 Å². The van der Waals surface area contributed by atoms with Gasteiger partial charge in [0.25, 0.3) is 5.91 Å². The number of ether oxygens (including phenoxy) is 1. The van der Waals surface area contributed by atoms with Gasteiger partial charge >= 0.3 is 0 Å². The number of carbonyl (C=O) groups excluding carboxylic acids is 1. The summed E-state index contributed by atoms with van der Waals surface area (Å²) in [5.74, 6) is -0.429. The summed E-state index contributed by atoms with van der Waals surface area (Å²) in [6.45, 7) is 2.63. The fraction of sp³-hybridized carbons (Fsp3) is 0.545. The molecule has 1 aromatic carbocycles. The van der Waals surface area contributed by atoms with Gasteiger partial charge in [0.2, 0.25) is 0 Å². The average molecular weight is 451 g/mol. The van der Waals surface area contributed by atoms with Gasteiger partial charge in [0.05, 0.1) is 33.9 Å². The van der Waals surface area contributed by atoms with Gasteiger partial charge in [0, 0.05) is 57.3 Å². The maximum Gasteiger partial charge on any atom is 0.253 e. The van der Waals surface area contributed by atoms with Gasteiger partial charge in [-0.15, -0.1) is 0 Å². The van der Waals surface area contributed by atoms with E-state index in [0.29, 0.717) is 75.1 Å². The van der Waals surface area contributed by atoms with Crippen LogP contribution in [0.15, 0.2) is 24.4 Å². The molecule has 1 aromatic heterocycles. The first kappa shape index (κ1) is 22.2. The molecule has 0 unspecified atom stereocenters. The minimum absolute atomic E-state index is 0.0892. The highest BCUT2D eigenvalue weighted by atomic mass is 35.5. The summed E-state index contributed by atoms with van der Waals surface area (Å²) >= 11 is 6.18. The highest BCUT2D eigenvalue weighted by Gasteiger charge is 2.38. The molecular formula is C22H28ClFN4O3. The van der Waals surface area contributed by atoms with Crippen LogP contribution in [-0.2, 0) is 4.74 Å². The number of nitrogen functional groups attached to an aromatic ring is 1. The number of β-amino-alcohol motifs (C(OH)–C–C–N with tert-alkyl or cyclic N) is 1. The molecule has 3 heterocycles. The van der Waals surface area contributed by atoms with Gasteiger partial charge < -0.3 is 25.8 Å². The second-order valence-electron chi connectivity index (χ2n) is 8.67. The number of hydrogen-bond acceptors (Lipinski definition) is 6. The number of pyridine rings is 1. The second kappa shape index (κ2) is 8.86. The SMILES string of the molecule is Nc1c(Cl)cc(C(=O)NCC2(F)CCN(CC3(O)CCOCC3)CC2)c2ncccc12. The number of rotatable bonds is 5. The number of likely N-dealkylation sites (tertiary alicyclic amines) is 1. The zero-order valence-electron chi connectivity index (χ0n) is 17.4. The van der Waals surface area contributed by atoms with Crippen LogP contribution in [0, 0.1) is 0 Å².